The summed E-state index contributed by atoms with van der Waals surface area (Å²) in [5.74, 6) is -1.05. The van der Waals surface area contributed by atoms with Gasteiger partial charge in [-0.25, -0.2) is 9.18 Å². The molecule has 0 aromatic heterocycles. The third kappa shape index (κ3) is 8.18. The van der Waals surface area contributed by atoms with Crippen molar-refractivity contribution in [3.8, 4) is 5.75 Å². The van der Waals surface area contributed by atoms with E-state index >= 15 is 0 Å². The summed E-state index contributed by atoms with van der Waals surface area (Å²) in [5, 5.41) is 4.86. The molecule has 0 saturated heterocycles. The molecule has 10 heteroatoms. The van der Waals surface area contributed by atoms with Gasteiger partial charge in [-0.2, -0.15) is 0 Å². The van der Waals surface area contributed by atoms with Crippen LogP contribution in [0.3, 0.4) is 0 Å². The molecule has 2 aromatic carbocycles. The van der Waals surface area contributed by atoms with Crippen LogP contribution in [0.1, 0.15) is 12.5 Å². The number of halogens is 2. The molecule has 0 aliphatic heterocycles. The lowest BCUT2D eigenvalue weighted by Gasteiger charge is -2.15. The van der Waals surface area contributed by atoms with E-state index in [2.05, 4.69) is 37.4 Å². The number of carbonyl (C=O) groups is 3. The topological polar surface area (TPSA) is 109 Å². The Morgan fingerprint density at radius 1 is 1.07 bits per heavy atom. The van der Waals surface area contributed by atoms with Gasteiger partial charge in [0, 0.05) is 11.0 Å². The molecule has 0 aliphatic carbocycles. The zero-order valence-corrected chi connectivity index (χ0v) is 17.1. The average Bonchev–Trinajstić information content (AvgIpc) is 2.70. The van der Waals surface area contributed by atoms with Crippen LogP contribution in [-0.2, 0) is 16.1 Å². The van der Waals surface area contributed by atoms with Crippen molar-refractivity contribution in [1.82, 2.24) is 21.5 Å². The summed E-state index contributed by atoms with van der Waals surface area (Å²) >= 11 is 3.30. The highest BCUT2D eigenvalue weighted by molar-refractivity contribution is 9.10. The maximum atomic E-state index is 12.8. The van der Waals surface area contributed by atoms with E-state index in [0.717, 1.165) is 4.47 Å². The SMILES string of the molecule is CC(Oc1cccc(Br)c1)C(=O)NNC(=O)CNC(=O)NCc1ccc(F)cc1. The quantitative estimate of drug-likeness (QED) is 0.468. The third-order valence-electron chi connectivity index (χ3n) is 3.58. The van der Waals surface area contributed by atoms with Gasteiger partial charge < -0.3 is 15.4 Å². The van der Waals surface area contributed by atoms with Crippen molar-refractivity contribution in [2.24, 2.45) is 0 Å². The molecule has 154 valence electrons. The van der Waals surface area contributed by atoms with E-state index in [4.69, 9.17) is 4.74 Å². The highest BCUT2D eigenvalue weighted by Gasteiger charge is 2.15. The number of benzene rings is 2. The van der Waals surface area contributed by atoms with Crippen LogP contribution >= 0.6 is 15.9 Å². The van der Waals surface area contributed by atoms with Gasteiger partial charge in [0.2, 0.25) is 0 Å². The monoisotopic (exact) mass is 466 g/mol. The molecule has 1 unspecified atom stereocenters. The summed E-state index contributed by atoms with van der Waals surface area (Å²) in [6, 6.07) is 12.0. The fourth-order valence-electron chi connectivity index (χ4n) is 2.08. The lowest BCUT2D eigenvalue weighted by atomic mass is 10.2. The molecule has 2 aromatic rings. The van der Waals surface area contributed by atoms with Gasteiger partial charge in [0.15, 0.2) is 6.10 Å². The van der Waals surface area contributed by atoms with Crippen LogP contribution in [0.25, 0.3) is 0 Å². The van der Waals surface area contributed by atoms with E-state index in [1.807, 2.05) is 6.07 Å². The molecule has 1 atom stereocenters. The summed E-state index contributed by atoms with van der Waals surface area (Å²) in [7, 11) is 0. The maximum Gasteiger partial charge on any atom is 0.315 e. The average molecular weight is 467 g/mol. The summed E-state index contributed by atoms with van der Waals surface area (Å²) in [5.41, 5.74) is 5.11. The van der Waals surface area contributed by atoms with Crippen molar-refractivity contribution in [2.75, 3.05) is 6.54 Å². The molecule has 8 nitrogen and oxygen atoms in total. The van der Waals surface area contributed by atoms with E-state index in [-0.39, 0.29) is 18.9 Å². The predicted molar refractivity (Wildman–Crippen MR) is 107 cm³/mol. The number of ether oxygens (including phenoxy) is 1. The molecule has 0 saturated carbocycles. The minimum Gasteiger partial charge on any atom is -0.481 e. The van der Waals surface area contributed by atoms with E-state index in [1.54, 1.807) is 18.2 Å². The minimum atomic E-state index is -0.850. The Morgan fingerprint density at radius 2 is 1.79 bits per heavy atom. The highest BCUT2D eigenvalue weighted by atomic mass is 79.9. The molecule has 4 N–H and O–H groups in total. The van der Waals surface area contributed by atoms with Gasteiger partial charge in [0.1, 0.15) is 18.1 Å². The van der Waals surface area contributed by atoms with Crippen LogP contribution in [-0.4, -0.2) is 30.5 Å². The number of hydrazine groups is 1. The van der Waals surface area contributed by atoms with Gasteiger partial charge in [-0.1, -0.05) is 34.1 Å². The molecule has 2 rings (SSSR count). The largest absolute Gasteiger partial charge is 0.481 e. The molecule has 0 radical (unpaired) electrons. The Kier molecular flexibility index (Phi) is 8.41. The van der Waals surface area contributed by atoms with Crippen LogP contribution < -0.4 is 26.2 Å². The van der Waals surface area contributed by atoms with Crippen LogP contribution in [0.5, 0.6) is 5.75 Å². The summed E-state index contributed by atoms with van der Waals surface area (Å²) in [6.07, 6.45) is -0.850. The molecule has 4 amide bonds. The number of amides is 4. The lowest BCUT2D eigenvalue weighted by molar-refractivity contribution is -0.132. The third-order valence-corrected chi connectivity index (χ3v) is 4.07. The van der Waals surface area contributed by atoms with Gasteiger partial charge >= 0.3 is 6.03 Å². The summed E-state index contributed by atoms with van der Waals surface area (Å²) in [6.45, 7) is 1.36. The molecular formula is C19H20BrFN4O4. The second-order valence-corrected chi connectivity index (χ2v) is 6.83. The minimum absolute atomic E-state index is 0.176. The highest BCUT2D eigenvalue weighted by Crippen LogP contribution is 2.18. The van der Waals surface area contributed by atoms with Gasteiger partial charge in [-0.15, -0.1) is 0 Å². The van der Waals surface area contributed by atoms with Crippen LogP contribution in [0.15, 0.2) is 53.0 Å². The Balaban J connectivity index is 1.64. The first-order chi connectivity index (χ1) is 13.8. The molecule has 0 fully saturated rings. The van der Waals surface area contributed by atoms with Crippen molar-refractivity contribution in [3.05, 3.63) is 64.4 Å². The Morgan fingerprint density at radius 3 is 2.48 bits per heavy atom. The van der Waals surface area contributed by atoms with Crippen LogP contribution in [0.4, 0.5) is 9.18 Å². The molecule has 0 bridgehead atoms. The molecule has 0 spiro atoms. The van der Waals surface area contributed by atoms with E-state index < -0.39 is 23.9 Å². The van der Waals surface area contributed by atoms with Gasteiger partial charge in [0.05, 0.1) is 0 Å². The van der Waals surface area contributed by atoms with Gasteiger partial charge in [0.25, 0.3) is 11.8 Å². The zero-order valence-electron chi connectivity index (χ0n) is 15.5. The number of rotatable bonds is 7. The van der Waals surface area contributed by atoms with Crippen LogP contribution in [0.2, 0.25) is 0 Å². The smallest absolute Gasteiger partial charge is 0.315 e. The van der Waals surface area contributed by atoms with Crippen molar-refractivity contribution < 1.29 is 23.5 Å². The van der Waals surface area contributed by atoms with Crippen molar-refractivity contribution in [3.63, 3.8) is 0 Å². The second kappa shape index (κ2) is 11.0. The number of hydrogen-bond donors (Lipinski definition) is 4. The molecular weight excluding hydrogens is 447 g/mol. The summed E-state index contributed by atoms with van der Waals surface area (Å²) in [4.78, 5) is 35.4. The van der Waals surface area contributed by atoms with E-state index in [0.29, 0.717) is 11.3 Å². The Hall–Kier alpha value is -3.14. The van der Waals surface area contributed by atoms with Crippen molar-refractivity contribution in [2.45, 2.75) is 19.6 Å². The fraction of sp³-hybridized carbons (Fsp3) is 0.211. The van der Waals surface area contributed by atoms with Crippen molar-refractivity contribution >= 4 is 33.8 Å². The normalized spacial score (nSPS) is 11.1. The first-order valence-corrected chi connectivity index (χ1v) is 9.40. The zero-order chi connectivity index (χ0) is 21.2. The first kappa shape index (κ1) is 22.2. The first-order valence-electron chi connectivity index (χ1n) is 8.60. The Bertz CT molecular complexity index is 864. The number of urea groups is 1. The van der Waals surface area contributed by atoms with Gasteiger partial charge in [-0.3, -0.25) is 20.4 Å². The Labute approximate surface area is 175 Å². The maximum absolute atomic E-state index is 12.8. The van der Waals surface area contributed by atoms with E-state index in [9.17, 15) is 18.8 Å². The van der Waals surface area contributed by atoms with Crippen molar-refractivity contribution in [1.29, 1.82) is 0 Å². The molecule has 0 heterocycles. The number of hydrogen-bond acceptors (Lipinski definition) is 4. The van der Waals surface area contributed by atoms with E-state index in [1.165, 1.54) is 31.2 Å². The predicted octanol–water partition coefficient (Wildman–Crippen LogP) is 2.00. The van der Waals surface area contributed by atoms with Gasteiger partial charge in [-0.05, 0) is 42.8 Å². The fourth-order valence-corrected chi connectivity index (χ4v) is 2.46. The summed E-state index contributed by atoms with van der Waals surface area (Å²) < 4.78 is 19.1. The van der Waals surface area contributed by atoms with Crippen LogP contribution in [0, 0.1) is 5.82 Å². The number of nitrogens with one attached hydrogen (secondary N) is 4. The lowest BCUT2D eigenvalue weighted by Crippen LogP contribution is -2.50. The molecule has 0 aliphatic rings. The molecule has 29 heavy (non-hydrogen) atoms. The second-order valence-electron chi connectivity index (χ2n) is 5.92. The standard InChI is InChI=1S/C19H20BrFN4O4/c1-12(29-16-4-2-3-14(20)9-16)18(27)25-24-17(26)11-23-19(28)22-10-13-5-7-15(21)8-6-13/h2-9,12H,10-11H2,1H3,(H,24,26)(H,25,27)(H2,22,23,28). The number of carbonyl (C=O) groups excluding carboxylic acids is 3.